The molecule has 0 radical (unpaired) electrons. The van der Waals surface area contributed by atoms with Crippen molar-refractivity contribution in [2.75, 3.05) is 44.7 Å². The number of ketones is 1. The van der Waals surface area contributed by atoms with Gasteiger partial charge in [0.15, 0.2) is 5.78 Å². The molecular weight excluding hydrogens is 476 g/mol. The number of Topliss-reactive ketones (excluding diaryl/α,β-unsaturated/α-hetero) is 1. The number of likely N-dealkylation sites (N-methyl/N-ethyl adjacent to an activating group) is 1. The highest BCUT2D eigenvalue weighted by Gasteiger charge is 2.47. The van der Waals surface area contributed by atoms with Crippen molar-refractivity contribution >= 4 is 17.2 Å². The number of nitrogens with zero attached hydrogens (tertiary/aromatic N) is 5. The molecule has 2 aliphatic carbocycles. The van der Waals surface area contributed by atoms with Gasteiger partial charge in [0.25, 0.3) is 0 Å². The van der Waals surface area contributed by atoms with Crippen LogP contribution in [0.15, 0.2) is 30.8 Å². The molecule has 3 heterocycles. The first-order chi connectivity index (χ1) is 18.5. The highest BCUT2D eigenvalue weighted by molar-refractivity contribution is 6.04. The number of hydrogen-bond acceptors (Lipinski definition) is 8. The molecule has 8 heteroatoms. The van der Waals surface area contributed by atoms with Gasteiger partial charge in [0, 0.05) is 42.7 Å². The Morgan fingerprint density at radius 3 is 2.95 bits per heavy atom. The van der Waals surface area contributed by atoms with E-state index in [1.165, 1.54) is 11.1 Å². The van der Waals surface area contributed by atoms with Crippen molar-refractivity contribution in [1.29, 1.82) is 5.26 Å². The summed E-state index contributed by atoms with van der Waals surface area (Å²) in [7, 11) is 2.12. The van der Waals surface area contributed by atoms with Gasteiger partial charge in [-0.05, 0) is 68.8 Å². The zero-order chi connectivity index (χ0) is 26.3. The maximum Gasteiger partial charge on any atom is 0.319 e. The van der Waals surface area contributed by atoms with Crippen LogP contribution in [0.4, 0.5) is 5.82 Å². The molecule has 0 unspecified atom stereocenters. The first kappa shape index (κ1) is 25.0. The number of hydrogen-bond donors (Lipinski definition) is 1. The third-order valence-corrected chi connectivity index (χ3v) is 8.96. The first-order valence-electron chi connectivity index (χ1n) is 13.9. The minimum atomic E-state index is -0.528. The van der Waals surface area contributed by atoms with Crippen LogP contribution < -0.4 is 15.0 Å². The predicted octanol–water partition coefficient (Wildman–Crippen LogP) is 3.42. The summed E-state index contributed by atoms with van der Waals surface area (Å²) in [6, 6.07) is 11.3. The van der Waals surface area contributed by atoms with Gasteiger partial charge < -0.3 is 19.9 Å². The lowest BCUT2D eigenvalue weighted by Gasteiger charge is -2.42. The zero-order valence-corrected chi connectivity index (χ0v) is 22.2. The second-order valence-electron chi connectivity index (χ2n) is 11.4. The Morgan fingerprint density at radius 2 is 2.13 bits per heavy atom. The second kappa shape index (κ2) is 10.1. The van der Waals surface area contributed by atoms with Crippen LogP contribution in [0, 0.1) is 16.7 Å². The molecule has 2 aliphatic heterocycles. The Labute approximate surface area is 224 Å². The number of nitriles is 1. The zero-order valence-electron chi connectivity index (χ0n) is 22.2. The second-order valence-corrected chi connectivity index (χ2v) is 11.4. The van der Waals surface area contributed by atoms with Gasteiger partial charge in [-0.25, -0.2) is 0 Å². The summed E-state index contributed by atoms with van der Waals surface area (Å²) in [5.74, 6) is 0.886. The van der Waals surface area contributed by atoms with E-state index < -0.39 is 5.41 Å². The Hall–Kier alpha value is -3.28. The summed E-state index contributed by atoms with van der Waals surface area (Å²) in [6.45, 7) is 8.13. The van der Waals surface area contributed by atoms with Gasteiger partial charge in [-0.1, -0.05) is 30.8 Å². The predicted molar refractivity (Wildman–Crippen MR) is 146 cm³/mol. The maximum absolute atomic E-state index is 14.3. The van der Waals surface area contributed by atoms with Gasteiger partial charge in [-0.2, -0.15) is 15.2 Å². The topological polar surface area (TPSA) is 94.4 Å². The molecule has 2 aromatic rings. The SMILES string of the molecule is C=C1C[C@@]2(CCc3c(nc(OC[C@@H]4CCCN4C)nc3N3CCN[C@@H](CC#N)C3)C2=O)Cc2ccccc21. The van der Waals surface area contributed by atoms with Crippen LogP contribution in [0.3, 0.4) is 0 Å². The van der Waals surface area contributed by atoms with Crippen LogP contribution in [0.5, 0.6) is 6.01 Å². The van der Waals surface area contributed by atoms with Crippen molar-refractivity contribution in [3.05, 3.63) is 53.2 Å². The largest absolute Gasteiger partial charge is 0.462 e. The number of fused-ring (bicyclic) bond motifs is 2. The van der Waals surface area contributed by atoms with Crippen LogP contribution in [-0.2, 0) is 12.8 Å². The summed E-state index contributed by atoms with van der Waals surface area (Å²) in [5.41, 5.74) is 4.30. The molecule has 3 atom stereocenters. The summed E-state index contributed by atoms with van der Waals surface area (Å²) in [6.07, 6.45) is 5.54. The van der Waals surface area contributed by atoms with Gasteiger partial charge in [0.05, 0.1) is 12.5 Å². The quantitative estimate of drug-likeness (QED) is 0.651. The lowest BCUT2D eigenvalue weighted by atomic mass is 9.61. The van der Waals surface area contributed by atoms with Crippen molar-refractivity contribution < 1.29 is 9.53 Å². The Balaban J connectivity index is 1.36. The number of benzene rings is 1. The standard InChI is InChI=1S/C30H36N6O2/c1-20-16-30(17-21-6-3-4-8-24(20)21)11-9-25-26(27(30)37)33-29(38-19-23-7-5-14-35(23)2)34-28(25)36-15-13-32-22(18-36)10-12-31/h3-4,6,8,22-23,32H,1,5,7,9-11,13-19H2,2H3/t22-,23-,30-/m0/s1. The Morgan fingerprint density at radius 1 is 1.26 bits per heavy atom. The minimum Gasteiger partial charge on any atom is -0.462 e. The third kappa shape index (κ3) is 4.48. The summed E-state index contributed by atoms with van der Waals surface area (Å²) < 4.78 is 6.21. The number of carbonyl (C=O) groups is 1. The number of likely N-dealkylation sites (tertiary alicyclic amines) is 1. The Kier molecular flexibility index (Phi) is 6.67. The summed E-state index contributed by atoms with van der Waals surface area (Å²) in [5, 5.41) is 12.7. The number of rotatable bonds is 5. The molecule has 8 nitrogen and oxygen atoms in total. The highest BCUT2D eigenvalue weighted by Crippen LogP contribution is 2.49. The fraction of sp³-hybridized carbons (Fsp3) is 0.533. The molecular formula is C30H36N6O2. The smallest absolute Gasteiger partial charge is 0.319 e. The summed E-state index contributed by atoms with van der Waals surface area (Å²) >= 11 is 0. The summed E-state index contributed by atoms with van der Waals surface area (Å²) in [4.78, 5) is 28.6. The lowest BCUT2D eigenvalue weighted by molar-refractivity contribution is 0.0747. The highest BCUT2D eigenvalue weighted by atomic mass is 16.5. The Bertz CT molecular complexity index is 1300. The normalized spacial score (nSPS) is 27.2. The lowest BCUT2D eigenvalue weighted by Crippen LogP contribution is -2.51. The number of nitrogens with one attached hydrogen (secondary N) is 1. The van der Waals surface area contributed by atoms with Gasteiger partial charge in [0.1, 0.15) is 18.1 Å². The van der Waals surface area contributed by atoms with E-state index >= 15 is 0 Å². The number of piperazine rings is 1. The van der Waals surface area contributed by atoms with E-state index in [2.05, 4.69) is 46.9 Å². The van der Waals surface area contributed by atoms with Crippen LogP contribution in [0.2, 0.25) is 0 Å². The number of anilines is 1. The van der Waals surface area contributed by atoms with Crippen LogP contribution in [0.1, 0.15) is 59.3 Å². The van der Waals surface area contributed by atoms with Gasteiger partial charge in [0.2, 0.25) is 0 Å². The number of ether oxygens (including phenoxy) is 1. The van der Waals surface area contributed by atoms with Crippen LogP contribution in [0.25, 0.3) is 5.57 Å². The van der Waals surface area contributed by atoms with Crippen molar-refractivity contribution in [2.24, 2.45) is 5.41 Å². The molecule has 1 spiro atoms. The van der Waals surface area contributed by atoms with Crippen molar-refractivity contribution in [3.63, 3.8) is 0 Å². The van der Waals surface area contributed by atoms with Crippen molar-refractivity contribution in [1.82, 2.24) is 20.2 Å². The molecule has 198 valence electrons. The molecule has 0 amide bonds. The van der Waals surface area contributed by atoms with E-state index in [9.17, 15) is 10.1 Å². The van der Waals surface area contributed by atoms with Gasteiger partial charge in [-0.15, -0.1) is 0 Å². The third-order valence-electron chi connectivity index (χ3n) is 8.96. The molecule has 6 rings (SSSR count). The molecule has 0 bridgehead atoms. The average Bonchev–Trinajstić information content (AvgIpc) is 3.34. The van der Waals surface area contributed by atoms with Gasteiger partial charge >= 0.3 is 6.01 Å². The maximum atomic E-state index is 14.3. The molecule has 38 heavy (non-hydrogen) atoms. The number of aromatic nitrogens is 2. The molecule has 0 saturated carbocycles. The molecule has 1 aromatic heterocycles. The number of carbonyl (C=O) groups excluding carboxylic acids is 1. The molecule has 1 N–H and O–H groups in total. The van der Waals surface area contributed by atoms with E-state index in [-0.39, 0.29) is 17.8 Å². The van der Waals surface area contributed by atoms with Crippen LogP contribution >= 0.6 is 0 Å². The average molecular weight is 513 g/mol. The molecule has 4 aliphatic rings. The van der Waals surface area contributed by atoms with E-state index in [1.807, 2.05) is 12.1 Å². The first-order valence-corrected chi connectivity index (χ1v) is 13.9. The van der Waals surface area contributed by atoms with Gasteiger partial charge in [-0.3, -0.25) is 4.79 Å². The van der Waals surface area contributed by atoms with Crippen molar-refractivity contribution in [2.45, 2.75) is 57.0 Å². The van der Waals surface area contributed by atoms with Crippen molar-refractivity contribution in [3.8, 4) is 12.1 Å². The molecule has 2 saturated heterocycles. The van der Waals surface area contributed by atoms with E-state index in [0.717, 1.165) is 62.3 Å². The van der Waals surface area contributed by atoms with Crippen LogP contribution in [-0.4, -0.2) is 72.6 Å². The fourth-order valence-corrected chi connectivity index (χ4v) is 6.84. The minimum absolute atomic E-state index is 0.0691. The van der Waals surface area contributed by atoms with E-state index in [1.54, 1.807) is 0 Å². The monoisotopic (exact) mass is 512 g/mol. The molecule has 2 fully saturated rings. The van der Waals surface area contributed by atoms with E-state index in [0.29, 0.717) is 44.1 Å². The molecule has 1 aromatic carbocycles. The number of allylic oxidation sites excluding steroid dienone is 1. The fourth-order valence-electron chi connectivity index (χ4n) is 6.84. The van der Waals surface area contributed by atoms with E-state index in [4.69, 9.17) is 14.7 Å².